The fourth-order valence-corrected chi connectivity index (χ4v) is 1.50. The zero-order chi connectivity index (χ0) is 11.9. The molecule has 4 heteroatoms. The number of nitrogens with one attached hydrogen (secondary N) is 1. The van der Waals surface area contributed by atoms with Crippen LogP contribution >= 0.6 is 0 Å². The fourth-order valence-electron chi connectivity index (χ4n) is 1.50. The zero-order valence-corrected chi connectivity index (χ0v) is 9.50. The molecule has 0 radical (unpaired) electrons. The highest BCUT2D eigenvalue weighted by Gasteiger charge is 1.93. The lowest BCUT2D eigenvalue weighted by molar-refractivity contribution is 0.475. The second kappa shape index (κ2) is 5.84. The number of benzene rings is 1. The number of hydrogen-bond acceptors (Lipinski definition) is 3. The van der Waals surface area contributed by atoms with Crippen LogP contribution in [0.15, 0.2) is 41.7 Å². The van der Waals surface area contributed by atoms with Gasteiger partial charge in [0.05, 0.1) is 0 Å². The Morgan fingerprint density at radius 1 is 1.29 bits per heavy atom. The molecule has 2 rings (SSSR count). The number of H-pyrrole nitrogens is 1. The average molecular weight is 229 g/mol. The summed E-state index contributed by atoms with van der Waals surface area (Å²) in [5.74, 6) is 1.28. The van der Waals surface area contributed by atoms with Crippen LogP contribution in [0.4, 0.5) is 0 Å². The third-order valence-electron chi connectivity index (χ3n) is 2.39. The number of imidazole rings is 1. The molecule has 0 unspecified atom stereocenters. The number of aromatic nitrogens is 2. The Bertz CT molecular complexity index is 460. The molecule has 17 heavy (non-hydrogen) atoms. The molecule has 0 saturated carbocycles. The van der Waals surface area contributed by atoms with Gasteiger partial charge in [-0.05, 0) is 36.2 Å². The third kappa shape index (κ3) is 3.75. The fraction of sp³-hybridized carbons (Fsp3) is 0.231. The summed E-state index contributed by atoms with van der Waals surface area (Å²) in [6.45, 7) is 0.779. The minimum absolute atomic E-state index is 0.278. The summed E-state index contributed by atoms with van der Waals surface area (Å²) < 4.78 is 0. The molecule has 0 spiro atoms. The van der Waals surface area contributed by atoms with Crippen LogP contribution in [-0.4, -0.2) is 27.8 Å². The lowest BCUT2D eigenvalue weighted by Gasteiger charge is -1.95. The molecule has 1 heterocycles. The molecule has 0 fully saturated rings. The number of rotatable bonds is 5. The van der Waals surface area contributed by atoms with E-state index in [1.165, 1.54) is 0 Å². The number of aromatic amines is 1. The predicted molar refractivity (Wildman–Crippen MR) is 67.5 cm³/mol. The van der Waals surface area contributed by atoms with Crippen molar-refractivity contribution in [1.82, 2.24) is 9.97 Å². The summed E-state index contributed by atoms with van der Waals surface area (Å²) in [5.41, 5.74) is 1.00. The Morgan fingerprint density at radius 3 is 2.82 bits per heavy atom. The SMILES string of the molecule is Oc1ccc(C=NCCCc2ncc[nH]2)cc1. The van der Waals surface area contributed by atoms with Gasteiger partial charge in [-0.15, -0.1) is 0 Å². The van der Waals surface area contributed by atoms with Crippen LogP contribution in [0.1, 0.15) is 17.8 Å². The Kier molecular flexibility index (Phi) is 3.91. The number of aromatic hydroxyl groups is 1. The van der Waals surface area contributed by atoms with Crippen molar-refractivity contribution < 1.29 is 5.11 Å². The Morgan fingerprint density at radius 2 is 2.12 bits per heavy atom. The summed E-state index contributed by atoms with van der Waals surface area (Å²) >= 11 is 0. The first-order valence-electron chi connectivity index (χ1n) is 5.62. The second-order valence-electron chi connectivity index (χ2n) is 3.77. The Hall–Kier alpha value is -2.10. The molecule has 0 saturated heterocycles. The van der Waals surface area contributed by atoms with E-state index in [2.05, 4.69) is 15.0 Å². The van der Waals surface area contributed by atoms with Crippen LogP contribution in [0.2, 0.25) is 0 Å². The van der Waals surface area contributed by atoms with E-state index < -0.39 is 0 Å². The molecule has 0 aliphatic heterocycles. The molecular formula is C13H15N3O. The highest BCUT2D eigenvalue weighted by molar-refractivity contribution is 5.79. The van der Waals surface area contributed by atoms with Crippen LogP contribution in [0.3, 0.4) is 0 Å². The van der Waals surface area contributed by atoms with Crippen molar-refractivity contribution in [2.24, 2.45) is 4.99 Å². The van der Waals surface area contributed by atoms with Gasteiger partial charge in [0.1, 0.15) is 11.6 Å². The van der Waals surface area contributed by atoms with Gasteiger partial charge in [-0.3, -0.25) is 4.99 Å². The lowest BCUT2D eigenvalue weighted by Crippen LogP contribution is -1.91. The van der Waals surface area contributed by atoms with E-state index in [4.69, 9.17) is 5.11 Å². The molecule has 0 aliphatic carbocycles. The van der Waals surface area contributed by atoms with Crippen molar-refractivity contribution in [3.05, 3.63) is 48.0 Å². The molecule has 2 N–H and O–H groups in total. The normalized spacial score (nSPS) is 11.1. The number of aryl methyl sites for hydroxylation is 1. The van der Waals surface area contributed by atoms with Crippen LogP contribution in [0, 0.1) is 0 Å². The average Bonchev–Trinajstić information content (AvgIpc) is 2.84. The smallest absolute Gasteiger partial charge is 0.115 e. The second-order valence-corrected chi connectivity index (χ2v) is 3.77. The van der Waals surface area contributed by atoms with Gasteiger partial charge in [0.2, 0.25) is 0 Å². The highest BCUT2D eigenvalue weighted by atomic mass is 16.3. The van der Waals surface area contributed by atoms with E-state index in [1.807, 2.05) is 24.5 Å². The summed E-state index contributed by atoms with van der Waals surface area (Å²) in [6.07, 6.45) is 7.30. The first-order chi connectivity index (χ1) is 8.34. The van der Waals surface area contributed by atoms with Gasteiger partial charge in [0.25, 0.3) is 0 Å². The van der Waals surface area contributed by atoms with E-state index in [-0.39, 0.29) is 5.75 Å². The summed E-state index contributed by atoms with van der Waals surface area (Å²) in [6, 6.07) is 6.99. The number of phenols is 1. The molecule has 0 bridgehead atoms. The quantitative estimate of drug-likeness (QED) is 0.609. The van der Waals surface area contributed by atoms with Crippen molar-refractivity contribution in [3.8, 4) is 5.75 Å². The monoisotopic (exact) mass is 229 g/mol. The molecule has 0 atom stereocenters. The summed E-state index contributed by atoms with van der Waals surface area (Å²) in [7, 11) is 0. The van der Waals surface area contributed by atoms with Crippen molar-refractivity contribution >= 4 is 6.21 Å². The number of nitrogens with zero attached hydrogens (tertiary/aromatic N) is 2. The van der Waals surface area contributed by atoms with E-state index in [0.29, 0.717) is 0 Å². The largest absolute Gasteiger partial charge is 0.508 e. The molecule has 4 nitrogen and oxygen atoms in total. The van der Waals surface area contributed by atoms with Crippen molar-refractivity contribution in [2.45, 2.75) is 12.8 Å². The number of hydrogen-bond donors (Lipinski definition) is 2. The molecule has 1 aromatic carbocycles. The van der Waals surface area contributed by atoms with Gasteiger partial charge in [0.15, 0.2) is 0 Å². The standard InChI is InChI=1S/C13H15N3O/c17-12-5-3-11(4-6-12)10-14-7-1-2-13-15-8-9-16-13/h3-6,8-10,17H,1-2,7H2,(H,15,16). The number of aliphatic imine (C=N–C) groups is 1. The zero-order valence-electron chi connectivity index (χ0n) is 9.50. The van der Waals surface area contributed by atoms with Crippen LogP contribution in [-0.2, 0) is 6.42 Å². The van der Waals surface area contributed by atoms with Crippen LogP contribution < -0.4 is 0 Å². The maximum atomic E-state index is 9.12. The van der Waals surface area contributed by atoms with Crippen molar-refractivity contribution in [2.75, 3.05) is 6.54 Å². The molecule has 0 aliphatic rings. The van der Waals surface area contributed by atoms with Gasteiger partial charge in [-0.1, -0.05) is 0 Å². The van der Waals surface area contributed by atoms with Crippen LogP contribution in [0.5, 0.6) is 5.75 Å². The summed E-state index contributed by atoms with van der Waals surface area (Å²) in [5, 5.41) is 9.12. The maximum Gasteiger partial charge on any atom is 0.115 e. The highest BCUT2D eigenvalue weighted by Crippen LogP contribution is 2.07. The first kappa shape index (κ1) is 11.4. The first-order valence-corrected chi connectivity index (χ1v) is 5.62. The van der Waals surface area contributed by atoms with Gasteiger partial charge >= 0.3 is 0 Å². The van der Waals surface area contributed by atoms with Gasteiger partial charge < -0.3 is 10.1 Å². The molecular weight excluding hydrogens is 214 g/mol. The Labute approximate surface area is 100 Å². The predicted octanol–water partition coefficient (Wildman–Crippen LogP) is 2.17. The van der Waals surface area contributed by atoms with E-state index in [9.17, 15) is 0 Å². The minimum Gasteiger partial charge on any atom is -0.508 e. The van der Waals surface area contributed by atoms with Gasteiger partial charge in [-0.25, -0.2) is 4.98 Å². The van der Waals surface area contributed by atoms with Gasteiger partial charge in [0, 0.05) is 31.6 Å². The topological polar surface area (TPSA) is 61.3 Å². The van der Waals surface area contributed by atoms with Crippen molar-refractivity contribution in [3.63, 3.8) is 0 Å². The van der Waals surface area contributed by atoms with Crippen LogP contribution in [0.25, 0.3) is 0 Å². The van der Waals surface area contributed by atoms with E-state index in [1.54, 1.807) is 18.3 Å². The van der Waals surface area contributed by atoms with E-state index in [0.717, 1.165) is 30.8 Å². The molecule has 88 valence electrons. The molecule has 1 aromatic heterocycles. The minimum atomic E-state index is 0.278. The summed E-state index contributed by atoms with van der Waals surface area (Å²) in [4.78, 5) is 11.5. The third-order valence-corrected chi connectivity index (χ3v) is 2.39. The van der Waals surface area contributed by atoms with Gasteiger partial charge in [-0.2, -0.15) is 0 Å². The maximum absolute atomic E-state index is 9.12. The van der Waals surface area contributed by atoms with Crippen molar-refractivity contribution in [1.29, 1.82) is 0 Å². The lowest BCUT2D eigenvalue weighted by atomic mass is 10.2. The number of phenolic OH excluding ortho intramolecular Hbond substituents is 1. The Balaban J connectivity index is 1.73. The molecule has 2 aromatic rings. The van der Waals surface area contributed by atoms with E-state index >= 15 is 0 Å². The molecule has 0 amide bonds.